The minimum absolute atomic E-state index is 0.199. The molecule has 0 spiro atoms. The van der Waals surface area contributed by atoms with Gasteiger partial charge in [-0.05, 0) is 27.7 Å². The molecule has 7 heteroatoms. The van der Waals surface area contributed by atoms with Gasteiger partial charge in [0.1, 0.15) is 6.04 Å². The van der Waals surface area contributed by atoms with Gasteiger partial charge < -0.3 is 21.1 Å². The molecule has 0 aliphatic heterocycles. The Morgan fingerprint density at radius 2 is 1.76 bits per heavy atom. The number of hydrogen-bond acceptors (Lipinski definition) is 3. The second-order valence-electron chi connectivity index (χ2n) is 4.69. The lowest BCUT2D eigenvalue weighted by atomic mass is 10.1. The number of rotatable bonds is 4. The molecule has 0 aliphatic rings. The Bertz CT molecular complexity index is 309. The molecule has 0 bridgehead atoms. The Morgan fingerprint density at radius 3 is 2.18 bits per heavy atom. The third kappa shape index (κ3) is 8.06. The van der Waals surface area contributed by atoms with Crippen molar-refractivity contribution in [3.05, 3.63) is 0 Å². The van der Waals surface area contributed by atoms with E-state index in [0.29, 0.717) is 0 Å². The summed E-state index contributed by atoms with van der Waals surface area (Å²) in [6.45, 7) is 6.58. The molecular weight excluding hydrogens is 226 g/mol. The van der Waals surface area contributed by atoms with Gasteiger partial charge in [0.05, 0.1) is 6.54 Å². The van der Waals surface area contributed by atoms with Crippen LogP contribution in [0, 0.1) is 0 Å². The first-order chi connectivity index (χ1) is 7.61. The van der Waals surface area contributed by atoms with E-state index < -0.39 is 18.0 Å². The molecule has 0 rings (SSSR count). The van der Waals surface area contributed by atoms with Crippen molar-refractivity contribution < 1.29 is 19.5 Å². The molecule has 0 saturated heterocycles. The molecule has 17 heavy (non-hydrogen) atoms. The van der Waals surface area contributed by atoms with Gasteiger partial charge in [0, 0.05) is 5.54 Å². The predicted octanol–water partition coefficient (Wildman–Crippen LogP) is -0.327. The number of aliphatic carboxylic acids is 1. The molecule has 1 atom stereocenters. The maximum atomic E-state index is 11.3. The molecule has 0 aromatic heterocycles. The summed E-state index contributed by atoms with van der Waals surface area (Å²) in [5.74, 6) is -1.48. The number of nitrogens with one attached hydrogen (secondary N) is 3. The van der Waals surface area contributed by atoms with Gasteiger partial charge in [-0.15, -0.1) is 0 Å². The minimum Gasteiger partial charge on any atom is -0.480 e. The summed E-state index contributed by atoms with van der Waals surface area (Å²) >= 11 is 0. The summed E-state index contributed by atoms with van der Waals surface area (Å²) < 4.78 is 0. The van der Waals surface area contributed by atoms with E-state index in [1.807, 2.05) is 20.8 Å². The summed E-state index contributed by atoms with van der Waals surface area (Å²) in [6.07, 6.45) is 0. The van der Waals surface area contributed by atoms with Crippen molar-refractivity contribution in [1.82, 2.24) is 16.0 Å². The Hall–Kier alpha value is -1.79. The highest BCUT2D eigenvalue weighted by atomic mass is 16.4. The average Bonchev–Trinajstić information content (AvgIpc) is 2.11. The van der Waals surface area contributed by atoms with Gasteiger partial charge in [0.25, 0.3) is 0 Å². The molecule has 0 radical (unpaired) electrons. The SMILES string of the molecule is C[C@@H](NC(=O)NCC(=O)NC(C)(C)C)C(=O)O. The first kappa shape index (κ1) is 15.2. The topological polar surface area (TPSA) is 108 Å². The molecule has 7 nitrogen and oxygen atoms in total. The number of amides is 3. The van der Waals surface area contributed by atoms with E-state index in [9.17, 15) is 14.4 Å². The summed E-state index contributed by atoms with van der Waals surface area (Å²) in [6, 6.07) is -1.69. The van der Waals surface area contributed by atoms with Crippen LogP contribution in [0.3, 0.4) is 0 Å². The van der Waals surface area contributed by atoms with Crippen molar-refractivity contribution in [2.75, 3.05) is 6.54 Å². The highest BCUT2D eigenvalue weighted by molar-refractivity contribution is 5.86. The van der Waals surface area contributed by atoms with Gasteiger partial charge in [0.15, 0.2) is 0 Å². The number of carboxylic acid groups (broad SMARTS) is 1. The fourth-order valence-corrected chi connectivity index (χ4v) is 0.932. The summed E-state index contributed by atoms with van der Waals surface area (Å²) in [5.41, 5.74) is -0.371. The first-order valence-corrected chi connectivity index (χ1v) is 5.20. The normalized spacial score (nSPS) is 12.5. The Morgan fingerprint density at radius 1 is 1.24 bits per heavy atom. The minimum atomic E-state index is -1.14. The molecule has 0 aromatic rings. The summed E-state index contributed by atoms with van der Waals surface area (Å²) in [4.78, 5) is 32.9. The second-order valence-corrected chi connectivity index (χ2v) is 4.69. The first-order valence-electron chi connectivity index (χ1n) is 5.20. The fraction of sp³-hybridized carbons (Fsp3) is 0.700. The average molecular weight is 245 g/mol. The number of urea groups is 1. The van der Waals surface area contributed by atoms with Crippen LogP contribution >= 0.6 is 0 Å². The van der Waals surface area contributed by atoms with Crippen LogP contribution in [-0.4, -0.2) is 41.1 Å². The Labute approximate surface area is 100.0 Å². The largest absolute Gasteiger partial charge is 0.480 e. The van der Waals surface area contributed by atoms with Crippen molar-refractivity contribution in [1.29, 1.82) is 0 Å². The standard InChI is InChI=1S/C10H19N3O4/c1-6(8(15)16)12-9(17)11-5-7(14)13-10(2,3)4/h6H,5H2,1-4H3,(H,13,14)(H,15,16)(H2,11,12,17)/t6-/m1/s1. The molecule has 0 aromatic carbocycles. The lowest BCUT2D eigenvalue weighted by Crippen LogP contribution is -2.49. The van der Waals surface area contributed by atoms with E-state index in [2.05, 4.69) is 16.0 Å². The molecule has 0 saturated carbocycles. The zero-order valence-electron chi connectivity index (χ0n) is 10.5. The van der Waals surface area contributed by atoms with Gasteiger partial charge in [-0.2, -0.15) is 0 Å². The zero-order valence-corrected chi connectivity index (χ0v) is 10.5. The molecule has 98 valence electrons. The maximum absolute atomic E-state index is 11.3. The van der Waals surface area contributed by atoms with E-state index in [-0.39, 0.29) is 18.0 Å². The Balaban J connectivity index is 3.93. The molecule has 3 amide bonds. The highest BCUT2D eigenvalue weighted by Gasteiger charge is 2.16. The van der Waals surface area contributed by atoms with Crippen LogP contribution in [0.4, 0.5) is 4.79 Å². The van der Waals surface area contributed by atoms with E-state index >= 15 is 0 Å². The van der Waals surface area contributed by atoms with Crippen LogP contribution in [-0.2, 0) is 9.59 Å². The molecule has 0 unspecified atom stereocenters. The highest BCUT2D eigenvalue weighted by Crippen LogP contribution is 1.96. The molecule has 4 N–H and O–H groups in total. The molecule has 0 aliphatic carbocycles. The summed E-state index contributed by atoms with van der Waals surface area (Å²) in [7, 11) is 0. The van der Waals surface area contributed by atoms with Crippen LogP contribution in [0.25, 0.3) is 0 Å². The number of carbonyl (C=O) groups excluding carboxylic acids is 2. The molecule has 0 fully saturated rings. The molecular formula is C10H19N3O4. The van der Waals surface area contributed by atoms with Gasteiger partial charge in [0.2, 0.25) is 5.91 Å². The zero-order chi connectivity index (χ0) is 13.6. The van der Waals surface area contributed by atoms with Crippen molar-refractivity contribution in [2.45, 2.75) is 39.3 Å². The molecule has 0 heterocycles. The maximum Gasteiger partial charge on any atom is 0.325 e. The monoisotopic (exact) mass is 245 g/mol. The van der Waals surface area contributed by atoms with Crippen LogP contribution in [0.15, 0.2) is 0 Å². The smallest absolute Gasteiger partial charge is 0.325 e. The van der Waals surface area contributed by atoms with Crippen LogP contribution in [0.2, 0.25) is 0 Å². The fourth-order valence-electron chi connectivity index (χ4n) is 0.932. The van der Waals surface area contributed by atoms with Crippen LogP contribution in [0.5, 0.6) is 0 Å². The quantitative estimate of drug-likeness (QED) is 0.544. The van der Waals surface area contributed by atoms with Gasteiger partial charge in [-0.1, -0.05) is 0 Å². The van der Waals surface area contributed by atoms with Crippen LogP contribution < -0.4 is 16.0 Å². The lowest BCUT2D eigenvalue weighted by molar-refractivity contribution is -0.138. The Kier molecular flexibility index (Phi) is 5.43. The van der Waals surface area contributed by atoms with E-state index in [1.54, 1.807) is 0 Å². The van der Waals surface area contributed by atoms with Crippen molar-refractivity contribution in [3.63, 3.8) is 0 Å². The van der Waals surface area contributed by atoms with E-state index in [1.165, 1.54) is 6.92 Å². The third-order valence-corrected chi connectivity index (χ3v) is 1.64. The van der Waals surface area contributed by atoms with Gasteiger partial charge in [-0.3, -0.25) is 9.59 Å². The van der Waals surface area contributed by atoms with E-state index in [4.69, 9.17) is 5.11 Å². The van der Waals surface area contributed by atoms with Crippen molar-refractivity contribution >= 4 is 17.9 Å². The number of carboxylic acids is 1. The third-order valence-electron chi connectivity index (χ3n) is 1.64. The predicted molar refractivity (Wildman–Crippen MR) is 61.5 cm³/mol. The van der Waals surface area contributed by atoms with Crippen molar-refractivity contribution in [3.8, 4) is 0 Å². The van der Waals surface area contributed by atoms with Crippen molar-refractivity contribution in [2.24, 2.45) is 0 Å². The number of hydrogen-bond donors (Lipinski definition) is 4. The van der Waals surface area contributed by atoms with Gasteiger partial charge >= 0.3 is 12.0 Å². The van der Waals surface area contributed by atoms with Gasteiger partial charge in [-0.25, -0.2) is 4.79 Å². The second kappa shape index (κ2) is 6.07. The summed E-state index contributed by atoms with van der Waals surface area (Å²) in [5, 5.41) is 15.6. The lowest BCUT2D eigenvalue weighted by Gasteiger charge is -2.20. The van der Waals surface area contributed by atoms with E-state index in [0.717, 1.165) is 0 Å². The van der Waals surface area contributed by atoms with Crippen LogP contribution in [0.1, 0.15) is 27.7 Å². The number of carbonyl (C=O) groups is 3.